The van der Waals surface area contributed by atoms with Gasteiger partial charge in [-0.3, -0.25) is 21.3 Å². The minimum atomic E-state index is -0.506. The largest absolute Gasteiger partial charge is 0.453 e. The second kappa shape index (κ2) is 56.9. The van der Waals surface area contributed by atoms with Gasteiger partial charge in [0.25, 0.3) is 0 Å². The zero-order valence-electron chi connectivity index (χ0n) is 70.5. The third kappa shape index (κ3) is 43.0. The van der Waals surface area contributed by atoms with Crippen LogP contribution in [0.2, 0.25) is 0 Å². The lowest BCUT2D eigenvalue weighted by atomic mass is 9.93. The number of carbonyl (C=O) groups excluding carboxylic acids is 6. The summed E-state index contributed by atoms with van der Waals surface area (Å²) in [5.74, 6) is 1.53. The number of rotatable bonds is 42. The molecule has 0 saturated heterocycles. The van der Waals surface area contributed by atoms with Crippen molar-refractivity contribution in [2.45, 2.75) is 268 Å². The first-order chi connectivity index (χ1) is 53.7. The molecular weight excluding hydrogens is 1410 g/mol. The number of ether oxygens (including phenoxy) is 4. The van der Waals surface area contributed by atoms with Gasteiger partial charge in [-0.25, -0.2) is 28.8 Å². The van der Waals surface area contributed by atoms with E-state index in [2.05, 4.69) is 88.2 Å². The van der Waals surface area contributed by atoms with Crippen molar-refractivity contribution in [1.29, 1.82) is 0 Å². The van der Waals surface area contributed by atoms with Crippen LogP contribution in [0.3, 0.4) is 0 Å². The van der Waals surface area contributed by atoms with Gasteiger partial charge >= 0.3 is 36.4 Å². The van der Waals surface area contributed by atoms with Gasteiger partial charge in [-0.15, -0.1) is 0 Å². The van der Waals surface area contributed by atoms with Gasteiger partial charge in [-0.05, 0) is 218 Å². The van der Waals surface area contributed by atoms with Crippen LogP contribution in [0.5, 0.6) is 0 Å². The molecule has 0 spiro atoms. The van der Waals surface area contributed by atoms with Crippen molar-refractivity contribution >= 4 is 70.6 Å². The summed E-state index contributed by atoms with van der Waals surface area (Å²) in [6.45, 7) is 30.7. The first kappa shape index (κ1) is 97.0. The number of hydrogen-bond acceptors (Lipinski definition) is 13. The van der Waals surface area contributed by atoms with Gasteiger partial charge in [0.05, 0.1) is 27.4 Å². The second-order valence-corrected chi connectivity index (χ2v) is 30.4. The van der Waals surface area contributed by atoms with Gasteiger partial charge in [0.2, 0.25) is 0 Å². The molecule has 620 valence electrons. The molecule has 0 aromatic heterocycles. The van der Waals surface area contributed by atoms with E-state index in [-0.39, 0.29) is 36.2 Å². The quantitative estimate of drug-likeness (QED) is 0.0128. The van der Waals surface area contributed by atoms with Crippen LogP contribution < -0.4 is 37.2 Å². The molecule has 0 saturated carbocycles. The SMILES string of the molecule is CC(C)N(C(=O)Nc1ccc(Cc2ccc(NC(=O)N(C(C)C)C(C)C)cc2)cc1)C(C)C.CC(C)NC(C)C.CCC(CCCCCO)CCCCCO.CCC(CCCCCOC(=O)Nc1ccc(Cc2ccc(NC(=O)OC)cc2)cc1)CCCCCOC(=O)Nc1ccc(Cc2ccc(NC(=O)OC)cc2)cc1. The number of aliphatic hydroxyl groups excluding tert-OH is 2. The Hall–Kier alpha value is -9.18. The molecule has 21 heteroatoms. The fourth-order valence-electron chi connectivity index (χ4n) is 13.1. The van der Waals surface area contributed by atoms with Gasteiger partial charge in [0, 0.05) is 83.6 Å². The molecule has 0 fully saturated rings. The zero-order chi connectivity index (χ0) is 82.6. The van der Waals surface area contributed by atoms with Crippen LogP contribution >= 0.6 is 0 Å². The van der Waals surface area contributed by atoms with E-state index >= 15 is 0 Å². The van der Waals surface area contributed by atoms with Crippen LogP contribution in [0.1, 0.15) is 246 Å². The fourth-order valence-corrected chi connectivity index (χ4v) is 13.1. The zero-order valence-corrected chi connectivity index (χ0v) is 70.5. The maximum Gasteiger partial charge on any atom is 0.411 e. The molecule has 0 atom stereocenters. The van der Waals surface area contributed by atoms with Crippen LogP contribution in [-0.4, -0.2) is 133 Å². The average molecular weight is 1550 g/mol. The minimum Gasteiger partial charge on any atom is -0.453 e. The summed E-state index contributed by atoms with van der Waals surface area (Å²) in [7, 11) is 2.65. The van der Waals surface area contributed by atoms with E-state index < -0.39 is 24.4 Å². The number of aliphatic hydroxyl groups is 2. The molecule has 0 bridgehead atoms. The highest BCUT2D eigenvalue weighted by Crippen LogP contribution is 2.25. The third-order valence-corrected chi connectivity index (χ3v) is 18.8. The Morgan fingerprint density at radius 3 is 0.732 bits per heavy atom. The van der Waals surface area contributed by atoms with E-state index in [4.69, 9.17) is 19.7 Å². The molecule has 8 amide bonds. The van der Waals surface area contributed by atoms with E-state index in [1.807, 2.05) is 211 Å². The topological polar surface area (TPSA) is 270 Å². The number of amides is 8. The van der Waals surface area contributed by atoms with Crippen molar-refractivity contribution in [2.75, 3.05) is 72.5 Å². The molecule has 0 heterocycles. The average Bonchev–Trinajstić information content (AvgIpc) is 0.803. The number of methoxy groups -OCH3 is 2. The Bertz CT molecular complexity index is 3280. The standard InChI is InChI=1S/C45H56N4O8.C27H40N4O2.C13H28O2.C6H15N/c1-4-33(11-7-5-9-29-56-44(52)48-40-25-17-36(18-26-40)31-34-13-21-38(22-14-34)46-42(50)54-2)12-8-6-10-30-57-45(53)49-41-27-19-37(20-28-41)32-35-15-23-39(24-16-35)47-43(51)55-3;1-18(2)30(19(3)4)26(32)28-24-13-9-22(10-14-24)17-23-11-15-25(16-12-23)29-27(33)31(20(5)6)21(7)8;1-2-13(9-5-3-7-11-14)10-6-4-8-12-15;1-5(2)7-6(3)4/h13-28,33H,4-12,29-32H2,1-3H3,(H,46,50)(H,47,51)(H,48,52)(H,49,53);9-16,18-21H,17H2,1-8H3,(H,28,32)(H,29,33);13-15H,2-12H2,1H3;5-7H,1-4H3. The molecule has 6 aromatic rings. The molecule has 112 heavy (non-hydrogen) atoms. The Balaban J connectivity index is 0.000000491. The molecular formula is C91H139N9O12. The molecule has 0 unspecified atom stereocenters. The molecule has 0 radical (unpaired) electrons. The highest BCUT2D eigenvalue weighted by molar-refractivity contribution is 5.91. The van der Waals surface area contributed by atoms with E-state index in [0.29, 0.717) is 67.2 Å². The molecule has 6 aromatic carbocycles. The Morgan fingerprint density at radius 2 is 0.536 bits per heavy atom. The first-order valence-electron chi connectivity index (χ1n) is 41.0. The second-order valence-electron chi connectivity index (χ2n) is 30.4. The lowest BCUT2D eigenvalue weighted by Crippen LogP contribution is -2.44. The van der Waals surface area contributed by atoms with Crippen molar-refractivity contribution in [2.24, 2.45) is 11.8 Å². The summed E-state index contributed by atoms with van der Waals surface area (Å²) in [6, 6.07) is 47.9. The van der Waals surface area contributed by atoms with E-state index in [0.717, 1.165) is 141 Å². The predicted octanol–water partition coefficient (Wildman–Crippen LogP) is 22.3. The number of urea groups is 2. The number of carbonyl (C=O) groups is 6. The normalized spacial score (nSPS) is 10.9. The number of anilines is 6. The van der Waals surface area contributed by atoms with E-state index in [1.165, 1.54) is 59.2 Å². The van der Waals surface area contributed by atoms with Crippen LogP contribution in [0, 0.1) is 11.8 Å². The third-order valence-electron chi connectivity index (χ3n) is 18.8. The Kier molecular flexibility index (Phi) is 49.3. The first-order valence-corrected chi connectivity index (χ1v) is 41.0. The predicted molar refractivity (Wildman–Crippen MR) is 460 cm³/mol. The van der Waals surface area contributed by atoms with Crippen LogP contribution in [0.25, 0.3) is 0 Å². The highest BCUT2D eigenvalue weighted by Gasteiger charge is 2.22. The number of unbranched alkanes of at least 4 members (excludes halogenated alkanes) is 8. The summed E-state index contributed by atoms with van der Waals surface area (Å²) in [5, 5.41) is 37.5. The summed E-state index contributed by atoms with van der Waals surface area (Å²) < 4.78 is 20.0. The van der Waals surface area contributed by atoms with Crippen LogP contribution in [-0.2, 0) is 38.2 Å². The Morgan fingerprint density at radius 1 is 0.312 bits per heavy atom. The van der Waals surface area contributed by atoms with E-state index in [9.17, 15) is 28.8 Å². The lowest BCUT2D eigenvalue weighted by Gasteiger charge is -2.30. The summed E-state index contributed by atoms with van der Waals surface area (Å²) in [4.78, 5) is 76.1. The van der Waals surface area contributed by atoms with Crippen molar-refractivity contribution in [3.8, 4) is 0 Å². The van der Waals surface area contributed by atoms with Crippen LogP contribution in [0.4, 0.5) is 62.9 Å². The molecule has 6 rings (SSSR count). The van der Waals surface area contributed by atoms with Gasteiger partial charge in [-0.2, -0.15) is 0 Å². The maximum absolute atomic E-state index is 12.6. The van der Waals surface area contributed by atoms with Crippen LogP contribution in [0.15, 0.2) is 146 Å². The highest BCUT2D eigenvalue weighted by atomic mass is 16.6. The van der Waals surface area contributed by atoms with Crippen molar-refractivity contribution in [3.63, 3.8) is 0 Å². The summed E-state index contributed by atoms with van der Waals surface area (Å²) >= 11 is 0. The smallest absolute Gasteiger partial charge is 0.411 e. The summed E-state index contributed by atoms with van der Waals surface area (Å²) in [5.41, 5.74) is 10.9. The Labute approximate surface area is 671 Å². The molecule has 0 aliphatic heterocycles. The van der Waals surface area contributed by atoms with Gasteiger partial charge in [0.15, 0.2) is 0 Å². The van der Waals surface area contributed by atoms with Crippen molar-refractivity contribution < 1.29 is 57.9 Å². The minimum absolute atomic E-state index is 0.0844. The fraction of sp³-hybridized carbons (Fsp3) is 0.538. The lowest BCUT2D eigenvalue weighted by molar-refractivity contribution is 0.158. The van der Waals surface area contributed by atoms with Crippen molar-refractivity contribution in [1.82, 2.24) is 15.1 Å². The van der Waals surface area contributed by atoms with E-state index in [1.54, 1.807) is 0 Å². The number of nitrogens with one attached hydrogen (secondary N) is 7. The number of hydrogen-bond donors (Lipinski definition) is 9. The molecule has 0 aliphatic carbocycles. The maximum atomic E-state index is 12.6. The molecule has 9 N–H and O–H groups in total. The monoisotopic (exact) mass is 1550 g/mol. The van der Waals surface area contributed by atoms with Gasteiger partial charge < -0.3 is 54.9 Å². The number of benzene rings is 6. The summed E-state index contributed by atoms with van der Waals surface area (Å²) in [6.07, 6.45) is 20.3. The molecule has 0 aliphatic rings. The van der Waals surface area contributed by atoms with Gasteiger partial charge in [0.1, 0.15) is 0 Å². The van der Waals surface area contributed by atoms with Crippen molar-refractivity contribution in [3.05, 3.63) is 179 Å². The number of nitrogens with zero attached hydrogens (tertiary/aromatic N) is 2. The van der Waals surface area contributed by atoms with Gasteiger partial charge in [-0.1, -0.05) is 204 Å². The molecule has 21 nitrogen and oxygen atoms in total.